The smallest absolute Gasteiger partial charge is 0.418 e. The summed E-state index contributed by atoms with van der Waals surface area (Å²) in [6.45, 7) is -4.12. The molecule has 0 spiro atoms. The van der Waals surface area contributed by atoms with Crippen molar-refractivity contribution in [1.82, 2.24) is 15.6 Å². The molecule has 0 bridgehead atoms. The molecule has 2 aromatic rings. The number of alkyl halides is 7. The second kappa shape index (κ2) is 8.06. The summed E-state index contributed by atoms with van der Waals surface area (Å²) in [6, 6.07) is 1.39. The molecule has 30 heavy (non-hydrogen) atoms. The number of hydrogen-bond acceptors (Lipinski definition) is 4. The van der Waals surface area contributed by atoms with E-state index in [2.05, 4.69) is 20.4 Å². The summed E-state index contributed by atoms with van der Waals surface area (Å²) in [6.07, 6.45) is -5.52. The van der Waals surface area contributed by atoms with Crippen LogP contribution in [0.1, 0.15) is 22.5 Å². The number of pyridine rings is 1. The molecule has 0 radical (unpaired) electrons. The average molecular weight is 460 g/mol. The van der Waals surface area contributed by atoms with Crippen LogP contribution in [-0.4, -0.2) is 42.6 Å². The third-order valence-corrected chi connectivity index (χ3v) is 4.62. The molecule has 1 unspecified atom stereocenters. The van der Waals surface area contributed by atoms with Gasteiger partial charge in [-0.2, -0.15) is 22.0 Å². The molecule has 1 fully saturated rings. The summed E-state index contributed by atoms with van der Waals surface area (Å²) < 4.78 is 95.5. The van der Waals surface area contributed by atoms with E-state index < -0.39 is 66.1 Å². The quantitative estimate of drug-likeness (QED) is 0.657. The van der Waals surface area contributed by atoms with Crippen molar-refractivity contribution in [2.24, 2.45) is 0 Å². The van der Waals surface area contributed by atoms with Gasteiger partial charge in [0.15, 0.2) is 0 Å². The zero-order valence-corrected chi connectivity index (χ0v) is 15.6. The van der Waals surface area contributed by atoms with Crippen LogP contribution in [0.2, 0.25) is 5.02 Å². The molecule has 3 rings (SSSR count). The van der Waals surface area contributed by atoms with Gasteiger partial charge >= 0.3 is 12.8 Å². The first-order chi connectivity index (χ1) is 13.9. The minimum atomic E-state index is -5.01. The van der Waals surface area contributed by atoms with E-state index in [0.29, 0.717) is 6.07 Å². The van der Waals surface area contributed by atoms with Crippen molar-refractivity contribution in [3.8, 4) is 5.75 Å². The molecule has 13 heteroatoms. The monoisotopic (exact) mass is 459 g/mol. The van der Waals surface area contributed by atoms with Crippen molar-refractivity contribution in [3.05, 3.63) is 34.5 Å². The van der Waals surface area contributed by atoms with E-state index in [0.717, 1.165) is 12.1 Å². The minimum absolute atomic E-state index is 0.209. The number of nitrogens with one attached hydrogen (secondary N) is 2. The van der Waals surface area contributed by atoms with Gasteiger partial charge in [0.2, 0.25) is 0 Å². The van der Waals surface area contributed by atoms with Crippen LogP contribution < -0.4 is 15.4 Å². The summed E-state index contributed by atoms with van der Waals surface area (Å²) in [4.78, 5) is 15.9. The highest BCUT2D eigenvalue weighted by Crippen LogP contribution is 2.39. The summed E-state index contributed by atoms with van der Waals surface area (Å²) in [5.74, 6) is -4.63. The van der Waals surface area contributed by atoms with Crippen LogP contribution in [0, 0.1) is 0 Å². The Morgan fingerprint density at radius 3 is 2.60 bits per heavy atom. The predicted molar refractivity (Wildman–Crippen MR) is 92.1 cm³/mol. The fourth-order valence-corrected chi connectivity index (χ4v) is 3.26. The van der Waals surface area contributed by atoms with E-state index in [1.165, 1.54) is 0 Å². The highest BCUT2D eigenvalue weighted by Gasteiger charge is 2.39. The topological polar surface area (TPSA) is 63.2 Å². The maximum absolute atomic E-state index is 13.4. The molecule has 2 N–H and O–H groups in total. The standard InChI is InChI=1S/C17H13ClF7N3O2/c18-11-3-12(14(29)26-5-7-4-16(21,22)6-27-7)28-13-9(11)1-8(30-15(19)20)2-10(13)17(23,24)25/h1-3,7,15,27H,4-6H2,(H,26,29). The van der Waals surface area contributed by atoms with Gasteiger partial charge in [-0.3, -0.25) is 4.79 Å². The fourth-order valence-electron chi connectivity index (χ4n) is 3.01. The zero-order valence-electron chi connectivity index (χ0n) is 14.8. The Morgan fingerprint density at radius 1 is 1.33 bits per heavy atom. The molecule has 0 saturated carbocycles. The number of rotatable bonds is 5. The number of nitrogens with zero attached hydrogens (tertiary/aromatic N) is 1. The Bertz CT molecular complexity index is 968. The van der Waals surface area contributed by atoms with E-state index in [-0.39, 0.29) is 17.0 Å². The van der Waals surface area contributed by atoms with Crippen LogP contribution in [0.3, 0.4) is 0 Å². The first-order valence-electron chi connectivity index (χ1n) is 8.41. The van der Waals surface area contributed by atoms with E-state index in [1.54, 1.807) is 0 Å². The highest BCUT2D eigenvalue weighted by molar-refractivity contribution is 6.35. The SMILES string of the molecule is O=C(NCC1CC(F)(F)CN1)c1cc(Cl)c2cc(OC(F)F)cc(C(F)(F)F)c2n1. The van der Waals surface area contributed by atoms with E-state index >= 15 is 0 Å². The summed E-state index contributed by atoms with van der Waals surface area (Å²) in [5.41, 5.74) is -2.66. The Kier molecular flexibility index (Phi) is 6.01. The van der Waals surface area contributed by atoms with Gasteiger partial charge in [-0.05, 0) is 18.2 Å². The molecule has 0 aliphatic carbocycles. The lowest BCUT2D eigenvalue weighted by molar-refractivity contribution is -0.136. The highest BCUT2D eigenvalue weighted by atomic mass is 35.5. The Labute approximate surface area is 169 Å². The van der Waals surface area contributed by atoms with Crippen molar-refractivity contribution < 1.29 is 40.3 Å². The second-order valence-electron chi connectivity index (χ2n) is 6.58. The molecule has 1 amide bonds. The number of aromatic nitrogens is 1. The lowest BCUT2D eigenvalue weighted by Gasteiger charge is -2.15. The molecule has 1 aromatic heterocycles. The largest absolute Gasteiger partial charge is 0.435 e. The third-order valence-electron chi connectivity index (χ3n) is 4.30. The zero-order chi connectivity index (χ0) is 22.3. The van der Waals surface area contributed by atoms with Crippen LogP contribution >= 0.6 is 11.6 Å². The summed E-state index contributed by atoms with van der Waals surface area (Å²) >= 11 is 5.96. The van der Waals surface area contributed by atoms with Gasteiger partial charge in [0, 0.05) is 24.4 Å². The van der Waals surface area contributed by atoms with Crippen LogP contribution in [-0.2, 0) is 6.18 Å². The van der Waals surface area contributed by atoms with Crippen LogP contribution in [0.15, 0.2) is 18.2 Å². The summed E-state index contributed by atoms with van der Waals surface area (Å²) in [5, 5.41) is 4.10. The predicted octanol–water partition coefficient (Wildman–Crippen LogP) is 4.24. The molecule has 1 atom stereocenters. The third kappa shape index (κ3) is 5.04. The van der Waals surface area contributed by atoms with Crippen LogP contribution in [0.4, 0.5) is 30.7 Å². The first kappa shape index (κ1) is 22.3. The number of benzene rings is 1. The number of halogens is 8. The minimum Gasteiger partial charge on any atom is -0.435 e. The number of amides is 1. The molecular weight excluding hydrogens is 447 g/mol. The normalized spacial score (nSPS) is 18.8. The molecule has 2 heterocycles. The van der Waals surface area contributed by atoms with E-state index in [1.807, 2.05) is 0 Å². The molecule has 1 aliphatic heterocycles. The summed E-state index contributed by atoms with van der Waals surface area (Å²) in [7, 11) is 0. The van der Waals surface area contributed by atoms with Gasteiger partial charge in [-0.1, -0.05) is 11.6 Å². The van der Waals surface area contributed by atoms with Crippen molar-refractivity contribution in [3.63, 3.8) is 0 Å². The van der Waals surface area contributed by atoms with Gasteiger partial charge < -0.3 is 15.4 Å². The lowest BCUT2D eigenvalue weighted by Crippen LogP contribution is -2.37. The first-order valence-corrected chi connectivity index (χ1v) is 8.79. The second-order valence-corrected chi connectivity index (χ2v) is 6.99. The molecule has 1 saturated heterocycles. The molecular formula is C17H13ClF7N3O2. The number of carbonyl (C=O) groups is 1. The van der Waals surface area contributed by atoms with Gasteiger partial charge in [-0.15, -0.1) is 0 Å². The maximum atomic E-state index is 13.4. The average Bonchev–Trinajstić information content (AvgIpc) is 2.97. The number of hydrogen-bond donors (Lipinski definition) is 2. The number of carbonyl (C=O) groups excluding carboxylic acids is 1. The molecule has 1 aliphatic rings. The fraction of sp³-hybridized carbons (Fsp3) is 0.412. The Morgan fingerprint density at radius 2 is 2.03 bits per heavy atom. The van der Waals surface area contributed by atoms with Gasteiger partial charge in [0.1, 0.15) is 11.4 Å². The number of fused-ring (bicyclic) bond motifs is 1. The molecule has 1 aromatic carbocycles. The van der Waals surface area contributed by atoms with Crippen LogP contribution in [0.25, 0.3) is 10.9 Å². The van der Waals surface area contributed by atoms with Gasteiger partial charge in [-0.25, -0.2) is 13.8 Å². The maximum Gasteiger partial charge on any atom is 0.418 e. The van der Waals surface area contributed by atoms with E-state index in [9.17, 15) is 35.5 Å². The molecule has 5 nitrogen and oxygen atoms in total. The van der Waals surface area contributed by atoms with Gasteiger partial charge in [0.05, 0.1) is 22.6 Å². The lowest BCUT2D eigenvalue weighted by atomic mass is 10.1. The van der Waals surface area contributed by atoms with Crippen molar-refractivity contribution in [2.45, 2.75) is 31.2 Å². The van der Waals surface area contributed by atoms with Crippen molar-refractivity contribution >= 4 is 28.4 Å². The van der Waals surface area contributed by atoms with Crippen LogP contribution in [0.5, 0.6) is 5.75 Å². The Balaban J connectivity index is 1.92. The number of ether oxygens (including phenoxy) is 1. The van der Waals surface area contributed by atoms with Gasteiger partial charge in [0.25, 0.3) is 11.8 Å². The molecule has 164 valence electrons. The Hall–Kier alpha value is -2.34. The van der Waals surface area contributed by atoms with E-state index in [4.69, 9.17) is 11.6 Å². The van der Waals surface area contributed by atoms with Crippen molar-refractivity contribution in [2.75, 3.05) is 13.1 Å². The van der Waals surface area contributed by atoms with Crippen molar-refractivity contribution in [1.29, 1.82) is 0 Å².